The molecule has 21 heavy (non-hydrogen) atoms. The van der Waals surface area contributed by atoms with E-state index in [-0.39, 0.29) is 24.3 Å². The van der Waals surface area contributed by atoms with Crippen LogP contribution in [0.4, 0.5) is 0 Å². The second-order valence-electron chi connectivity index (χ2n) is 4.78. The van der Waals surface area contributed by atoms with E-state index >= 15 is 0 Å². The van der Waals surface area contributed by atoms with Crippen LogP contribution in [-0.4, -0.2) is 24.9 Å². The van der Waals surface area contributed by atoms with Crippen molar-refractivity contribution in [1.29, 1.82) is 0 Å². The van der Waals surface area contributed by atoms with Crippen LogP contribution in [-0.2, 0) is 4.79 Å². The molecular weight excluding hydrogens is 284 g/mol. The normalized spacial score (nSPS) is 11.7. The fraction of sp³-hybridized carbons (Fsp3) is 0.250. The van der Waals surface area contributed by atoms with Crippen molar-refractivity contribution < 1.29 is 9.59 Å². The highest BCUT2D eigenvalue weighted by Gasteiger charge is 2.10. The number of rotatable bonds is 6. The lowest BCUT2D eigenvalue weighted by Crippen LogP contribution is -2.38. The van der Waals surface area contributed by atoms with Gasteiger partial charge in [-0.25, -0.2) is 0 Å². The summed E-state index contributed by atoms with van der Waals surface area (Å²) in [7, 11) is 0. The average Bonchev–Trinajstić information content (AvgIpc) is 3.05. The van der Waals surface area contributed by atoms with Gasteiger partial charge in [0.15, 0.2) is 0 Å². The highest BCUT2D eigenvalue weighted by Crippen LogP contribution is 2.12. The van der Waals surface area contributed by atoms with Gasteiger partial charge in [-0.3, -0.25) is 9.59 Å². The number of carbonyl (C=O) groups excluding carboxylic acids is 2. The van der Waals surface area contributed by atoms with Gasteiger partial charge < -0.3 is 10.6 Å². The van der Waals surface area contributed by atoms with E-state index in [9.17, 15) is 9.59 Å². The van der Waals surface area contributed by atoms with Crippen molar-refractivity contribution in [3.8, 4) is 0 Å². The molecular formula is C16H18N2O2S. The van der Waals surface area contributed by atoms with Gasteiger partial charge in [0.1, 0.15) is 0 Å². The van der Waals surface area contributed by atoms with E-state index in [0.717, 1.165) is 0 Å². The molecule has 0 fully saturated rings. The Labute approximate surface area is 128 Å². The predicted molar refractivity (Wildman–Crippen MR) is 84.5 cm³/mol. The lowest BCUT2D eigenvalue weighted by molar-refractivity contribution is -0.120. The van der Waals surface area contributed by atoms with Crippen molar-refractivity contribution in [1.82, 2.24) is 10.6 Å². The second kappa shape index (κ2) is 7.59. The Morgan fingerprint density at radius 2 is 1.86 bits per heavy atom. The first kappa shape index (κ1) is 15.3. The summed E-state index contributed by atoms with van der Waals surface area (Å²) in [6.45, 7) is 2.61. The highest BCUT2D eigenvalue weighted by molar-refractivity contribution is 7.12. The van der Waals surface area contributed by atoms with Crippen molar-refractivity contribution in [2.24, 2.45) is 0 Å². The summed E-state index contributed by atoms with van der Waals surface area (Å²) in [4.78, 5) is 24.0. The van der Waals surface area contributed by atoms with E-state index in [1.165, 1.54) is 16.9 Å². The SMILES string of the molecule is C[C@@H](CNC(=O)CNC(=O)c1cccs1)c1ccccc1. The third-order valence-corrected chi connectivity index (χ3v) is 4.00. The molecule has 5 heteroatoms. The van der Waals surface area contributed by atoms with E-state index in [2.05, 4.69) is 17.6 Å². The zero-order valence-corrected chi connectivity index (χ0v) is 12.7. The summed E-state index contributed by atoms with van der Waals surface area (Å²) in [6.07, 6.45) is 0. The Morgan fingerprint density at radius 3 is 2.52 bits per heavy atom. The molecule has 1 heterocycles. The van der Waals surface area contributed by atoms with Crippen LogP contribution in [0.2, 0.25) is 0 Å². The first-order valence-electron chi connectivity index (χ1n) is 6.80. The predicted octanol–water partition coefficient (Wildman–Crippen LogP) is 2.40. The van der Waals surface area contributed by atoms with Gasteiger partial charge in [-0.1, -0.05) is 43.3 Å². The Morgan fingerprint density at radius 1 is 1.10 bits per heavy atom. The van der Waals surface area contributed by atoms with Crippen molar-refractivity contribution in [3.63, 3.8) is 0 Å². The number of nitrogens with one attached hydrogen (secondary N) is 2. The smallest absolute Gasteiger partial charge is 0.261 e. The van der Waals surface area contributed by atoms with E-state index in [1.807, 2.05) is 35.7 Å². The zero-order chi connectivity index (χ0) is 15.1. The van der Waals surface area contributed by atoms with Gasteiger partial charge in [0, 0.05) is 6.54 Å². The number of hydrogen-bond donors (Lipinski definition) is 2. The molecule has 0 aliphatic rings. The molecule has 1 aromatic carbocycles. The molecule has 4 nitrogen and oxygen atoms in total. The molecule has 0 saturated carbocycles. The van der Waals surface area contributed by atoms with Gasteiger partial charge in [0.2, 0.25) is 5.91 Å². The number of thiophene rings is 1. The number of benzene rings is 1. The Kier molecular flexibility index (Phi) is 5.51. The molecule has 2 aromatic rings. The van der Waals surface area contributed by atoms with Crippen molar-refractivity contribution >= 4 is 23.2 Å². The summed E-state index contributed by atoms with van der Waals surface area (Å²) < 4.78 is 0. The standard InChI is InChI=1S/C16H18N2O2S/c1-12(13-6-3-2-4-7-13)10-17-15(19)11-18-16(20)14-8-5-9-21-14/h2-9,12H,10-11H2,1H3,(H,17,19)(H,18,20)/t12-/m0/s1. The minimum absolute atomic E-state index is 0.00174. The zero-order valence-electron chi connectivity index (χ0n) is 11.8. The van der Waals surface area contributed by atoms with Crippen LogP contribution >= 0.6 is 11.3 Å². The highest BCUT2D eigenvalue weighted by atomic mass is 32.1. The third kappa shape index (κ3) is 4.72. The maximum Gasteiger partial charge on any atom is 0.261 e. The van der Waals surface area contributed by atoms with Gasteiger partial charge >= 0.3 is 0 Å². The van der Waals surface area contributed by atoms with E-state index in [0.29, 0.717) is 11.4 Å². The van der Waals surface area contributed by atoms with Gasteiger partial charge in [-0.2, -0.15) is 0 Å². The van der Waals surface area contributed by atoms with Crippen LogP contribution in [0.5, 0.6) is 0 Å². The number of carbonyl (C=O) groups is 2. The Balaban J connectivity index is 1.71. The molecule has 2 N–H and O–H groups in total. The van der Waals surface area contributed by atoms with Gasteiger partial charge in [-0.05, 0) is 22.9 Å². The maximum atomic E-state index is 11.7. The molecule has 0 aliphatic carbocycles. The minimum Gasteiger partial charge on any atom is -0.354 e. The first-order chi connectivity index (χ1) is 10.2. The quantitative estimate of drug-likeness (QED) is 0.861. The van der Waals surface area contributed by atoms with Crippen molar-refractivity contribution in [2.75, 3.05) is 13.1 Å². The van der Waals surface area contributed by atoms with Crippen molar-refractivity contribution in [3.05, 3.63) is 58.3 Å². The molecule has 1 aromatic heterocycles. The van der Waals surface area contributed by atoms with Crippen LogP contribution < -0.4 is 10.6 Å². The second-order valence-corrected chi connectivity index (χ2v) is 5.72. The molecule has 0 aliphatic heterocycles. The Hall–Kier alpha value is -2.14. The van der Waals surface area contributed by atoms with Gasteiger partial charge in [-0.15, -0.1) is 11.3 Å². The van der Waals surface area contributed by atoms with Crippen LogP contribution in [0.1, 0.15) is 28.1 Å². The van der Waals surface area contributed by atoms with E-state index in [1.54, 1.807) is 12.1 Å². The maximum absolute atomic E-state index is 11.7. The summed E-state index contributed by atoms with van der Waals surface area (Å²) in [5.41, 5.74) is 1.18. The lowest BCUT2D eigenvalue weighted by Gasteiger charge is -2.13. The number of amides is 2. The molecule has 0 spiro atoms. The lowest BCUT2D eigenvalue weighted by atomic mass is 10.0. The molecule has 110 valence electrons. The fourth-order valence-corrected chi connectivity index (χ4v) is 2.52. The minimum atomic E-state index is -0.212. The molecule has 0 bridgehead atoms. The Bertz CT molecular complexity index is 582. The fourth-order valence-electron chi connectivity index (χ4n) is 1.88. The van der Waals surface area contributed by atoms with Gasteiger partial charge in [0.05, 0.1) is 11.4 Å². The average molecular weight is 302 g/mol. The van der Waals surface area contributed by atoms with Crippen LogP contribution in [0.3, 0.4) is 0 Å². The number of hydrogen-bond acceptors (Lipinski definition) is 3. The summed E-state index contributed by atoms with van der Waals surface area (Å²) in [6, 6.07) is 13.5. The molecule has 2 rings (SSSR count). The van der Waals surface area contributed by atoms with Crippen molar-refractivity contribution in [2.45, 2.75) is 12.8 Å². The van der Waals surface area contributed by atoms with E-state index < -0.39 is 0 Å². The molecule has 0 radical (unpaired) electrons. The summed E-state index contributed by atoms with van der Waals surface area (Å²) in [5, 5.41) is 7.27. The van der Waals surface area contributed by atoms with Crippen LogP contribution in [0.15, 0.2) is 47.8 Å². The molecule has 0 saturated heterocycles. The first-order valence-corrected chi connectivity index (χ1v) is 7.68. The topological polar surface area (TPSA) is 58.2 Å². The van der Waals surface area contributed by atoms with Crippen LogP contribution in [0, 0.1) is 0 Å². The van der Waals surface area contributed by atoms with E-state index in [4.69, 9.17) is 0 Å². The summed E-state index contributed by atoms with van der Waals surface area (Å²) >= 11 is 1.35. The summed E-state index contributed by atoms with van der Waals surface area (Å²) in [5.74, 6) is -0.151. The van der Waals surface area contributed by atoms with Gasteiger partial charge in [0.25, 0.3) is 5.91 Å². The monoisotopic (exact) mass is 302 g/mol. The molecule has 1 atom stereocenters. The third-order valence-electron chi connectivity index (χ3n) is 3.13. The molecule has 0 unspecified atom stereocenters. The largest absolute Gasteiger partial charge is 0.354 e. The van der Waals surface area contributed by atoms with Crippen LogP contribution in [0.25, 0.3) is 0 Å². The molecule has 2 amide bonds.